The molecule has 0 aromatic heterocycles. The van der Waals surface area contributed by atoms with Crippen LogP contribution in [0.1, 0.15) is 0 Å². The molecule has 0 spiro atoms. The van der Waals surface area contributed by atoms with Crippen LogP contribution in [0.5, 0.6) is 0 Å². The van der Waals surface area contributed by atoms with Crippen molar-refractivity contribution in [3.63, 3.8) is 0 Å². The van der Waals surface area contributed by atoms with E-state index >= 15 is 0 Å². The van der Waals surface area contributed by atoms with Gasteiger partial charge in [-0.25, -0.2) is 4.57 Å². The summed E-state index contributed by atoms with van der Waals surface area (Å²) >= 11 is 0. The van der Waals surface area contributed by atoms with Crippen LogP contribution in [0.4, 0.5) is 8.39 Å². The van der Waals surface area contributed by atoms with Crippen LogP contribution in [0.3, 0.4) is 0 Å². The van der Waals surface area contributed by atoms with Gasteiger partial charge < -0.3 is 14.7 Å². The van der Waals surface area contributed by atoms with Gasteiger partial charge in [-0.1, -0.05) is 0 Å². The SMILES string of the molecule is FPF.O=P(O)(O)O. The van der Waals surface area contributed by atoms with Crippen molar-refractivity contribution in [2.24, 2.45) is 0 Å². The lowest BCUT2D eigenvalue weighted by Gasteiger charge is -1.82. The van der Waals surface area contributed by atoms with Gasteiger partial charge in [0.15, 0.2) is 0 Å². The maximum absolute atomic E-state index is 9.65. The van der Waals surface area contributed by atoms with E-state index in [1.54, 1.807) is 0 Å². The molecule has 8 heavy (non-hydrogen) atoms. The summed E-state index contributed by atoms with van der Waals surface area (Å²) in [5.41, 5.74) is 0. The van der Waals surface area contributed by atoms with Gasteiger partial charge in [0.25, 0.3) is 9.20 Å². The van der Waals surface area contributed by atoms with E-state index in [9.17, 15) is 8.39 Å². The fourth-order valence-corrected chi connectivity index (χ4v) is 0. The Kier molecular flexibility index (Phi) is 7.77. The van der Waals surface area contributed by atoms with Crippen LogP contribution in [-0.4, -0.2) is 14.7 Å². The molecule has 0 fully saturated rings. The number of hydrogen-bond acceptors (Lipinski definition) is 1. The van der Waals surface area contributed by atoms with E-state index in [-0.39, 0.29) is 0 Å². The molecule has 0 bridgehead atoms. The van der Waals surface area contributed by atoms with Crippen molar-refractivity contribution in [3.05, 3.63) is 0 Å². The lowest BCUT2D eigenvalue weighted by molar-refractivity contribution is 0.275. The summed E-state index contributed by atoms with van der Waals surface area (Å²) in [7, 11) is -6.56. The van der Waals surface area contributed by atoms with Crippen molar-refractivity contribution in [1.29, 1.82) is 0 Å². The van der Waals surface area contributed by atoms with Crippen molar-refractivity contribution in [1.82, 2.24) is 0 Å². The molecule has 3 N–H and O–H groups in total. The Bertz CT molecular complexity index is 67.8. The normalized spacial score (nSPS) is 9.62. The molecule has 0 aliphatic carbocycles. The molecule has 52 valence electrons. The molecule has 0 saturated carbocycles. The number of hydrogen-bond donors (Lipinski definition) is 3. The summed E-state index contributed by atoms with van der Waals surface area (Å²) in [5, 5.41) is 0. The second-order valence-electron chi connectivity index (χ2n) is 0.585. The van der Waals surface area contributed by atoms with Crippen molar-refractivity contribution in [2.75, 3.05) is 0 Å². The van der Waals surface area contributed by atoms with Gasteiger partial charge in [0.05, 0.1) is 0 Å². The van der Waals surface area contributed by atoms with E-state index in [1.807, 2.05) is 0 Å². The van der Waals surface area contributed by atoms with E-state index in [0.29, 0.717) is 0 Å². The number of phosphoric acid groups is 1. The molecule has 0 saturated heterocycles. The van der Waals surface area contributed by atoms with Crippen molar-refractivity contribution in [3.8, 4) is 0 Å². The Labute approximate surface area is 45.8 Å². The Morgan fingerprint density at radius 3 is 1.25 bits per heavy atom. The minimum Gasteiger partial charge on any atom is -0.303 e. The molecule has 0 aliphatic heterocycles. The Hall–Kier alpha value is 0.400. The first-order valence-electron chi connectivity index (χ1n) is 1.16. The highest BCUT2D eigenvalue weighted by molar-refractivity contribution is 7.45. The molecule has 4 nitrogen and oxygen atoms in total. The van der Waals surface area contributed by atoms with Gasteiger partial charge in [-0.2, -0.15) is 8.39 Å². The minimum absolute atomic E-state index is 1.92. The predicted octanol–water partition coefficient (Wildman–Crippen LogP) is 0.505. The average Bonchev–Trinajstić information content (AvgIpc) is 1.27. The molecule has 0 atom stereocenters. The van der Waals surface area contributed by atoms with Crippen LogP contribution in [-0.2, 0) is 4.57 Å². The maximum atomic E-state index is 9.65. The van der Waals surface area contributed by atoms with E-state index < -0.39 is 17.0 Å². The second-order valence-corrected chi connectivity index (χ2v) is 1.75. The molecular formula is H4F2O4P2. The summed E-state index contributed by atoms with van der Waals surface area (Å²) < 4.78 is 28.2. The summed E-state index contributed by atoms with van der Waals surface area (Å²) in [4.78, 5) is 21.6. The van der Waals surface area contributed by atoms with Crippen molar-refractivity contribution >= 4 is 17.0 Å². The predicted molar refractivity (Wildman–Crippen MR) is 24.8 cm³/mol. The molecule has 0 rings (SSSR count). The van der Waals surface area contributed by atoms with Crippen molar-refractivity contribution < 1.29 is 27.6 Å². The van der Waals surface area contributed by atoms with Crippen LogP contribution in [0, 0.1) is 0 Å². The van der Waals surface area contributed by atoms with Crippen LogP contribution >= 0.6 is 17.0 Å². The molecule has 0 aromatic rings. The second kappa shape index (κ2) is 5.54. The van der Waals surface area contributed by atoms with Crippen LogP contribution in [0.25, 0.3) is 0 Å². The molecule has 0 radical (unpaired) electrons. The van der Waals surface area contributed by atoms with E-state index in [2.05, 4.69) is 0 Å². The third-order valence-electron chi connectivity index (χ3n) is 0. The monoisotopic (exact) mass is 168 g/mol. The highest BCUT2D eigenvalue weighted by Gasteiger charge is 2.00. The first-order chi connectivity index (χ1) is 3.41. The van der Waals surface area contributed by atoms with Gasteiger partial charge in [-0.15, -0.1) is 0 Å². The van der Waals surface area contributed by atoms with Gasteiger partial charge in [0.1, 0.15) is 0 Å². The zero-order valence-electron chi connectivity index (χ0n) is 3.45. The zero-order valence-corrected chi connectivity index (χ0v) is 5.35. The van der Waals surface area contributed by atoms with E-state index in [4.69, 9.17) is 19.2 Å². The lowest BCUT2D eigenvalue weighted by atomic mass is 15.8. The Balaban J connectivity index is 0. The smallest absolute Gasteiger partial charge is 0.303 e. The van der Waals surface area contributed by atoms with Gasteiger partial charge >= 0.3 is 7.82 Å². The van der Waals surface area contributed by atoms with E-state index in [1.165, 1.54) is 0 Å². The highest BCUT2D eigenvalue weighted by atomic mass is 31.2. The van der Waals surface area contributed by atoms with Gasteiger partial charge in [-0.05, 0) is 0 Å². The lowest BCUT2D eigenvalue weighted by Crippen LogP contribution is -1.66. The quantitative estimate of drug-likeness (QED) is 0.460. The molecule has 0 heterocycles. The van der Waals surface area contributed by atoms with Gasteiger partial charge in [0.2, 0.25) is 0 Å². The average molecular weight is 168 g/mol. The molecule has 0 unspecified atom stereocenters. The summed E-state index contributed by atoms with van der Waals surface area (Å²) in [6.45, 7) is 0. The molecule has 0 amide bonds. The number of halogens is 2. The highest BCUT2D eigenvalue weighted by Crippen LogP contribution is 2.25. The Morgan fingerprint density at radius 2 is 1.25 bits per heavy atom. The fraction of sp³-hybridized carbons (Fsp3) is 0. The molecule has 8 heteroatoms. The third kappa shape index (κ3) is 1170. The van der Waals surface area contributed by atoms with Gasteiger partial charge in [-0.3, -0.25) is 0 Å². The summed E-state index contributed by atoms with van der Waals surface area (Å²) in [6.07, 6.45) is 0. The van der Waals surface area contributed by atoms with E-state index in [0.717, 1.165) is 0 Å². The van der Waals surface area contributed by atoms with Crippen LogP contribution < -0.4 is 0 Å². The summed E-state index contributed by atoms with van der Waals surface area (Å²) in [6, 6.07) is 0. The van der Waals surface area contributed by atoms with Gasteiger partial charge in [0, 0.05) is 0 Å². The number of rotatable bonds is 0. The van der Waals surface area contributed by atoms with Crippen LogP contribution in [0.15, 0.2) is 0 Å². The topological polar surface area (TPSA) is 77.8 Å². The molecular weight excluding hydrogens is 164 g/mol. The first kappa shape index (κ1) is 11.2. The third-order valence-corrected chi connectivity index (χ3v) is 0. The molecule has 0 aliphatic rings. The first-order valence-corrected chi connectivity index (χ1v) is 3.48. The maximum Gasteiger partial charge on any atom is 0.466 e. The zero-order chi connectivity index (χ0) is 7.21. The van der Waals surface area contributed by atoms with Crippen molar-refractivity contribution in [2.45, 2.75) is 0 Å². The summed E-state index contributed by atoms with van der Waals surface area (Å²) in [5.74, 6) is 0. The fourth-order valence-electron chi connectivity index (χ4n) is 0. The minimum atomic E-state index is -4.64. The standard InChI is InChI=1S/F2HP.H3O4P/c1-3-2;1-5(2,3)4/h3H;(H3,1,2,3,4). The Morgan fingerprint density at radius 1 is 1.25 bits per heavy atom. The largest absolute Gasteiger partial charge is 0.466 e. The molecule has 0 aromatic carbocycles. The van der Waals surface area contributed by atoms with Crippen LogP contribution in [0.2, 0.25) is 0 Å².